The van der Waals surface area contributed by atoms with Gasteiger partial charge in [0, 0.05) is 11.6 Å². The highest BCUT2D eigenvalue weighted by Gasteiger charge is 1.96. The van der Waals surface area contributed by atoms with Crippen molar-refractivity contribution in [1.82, 2.24) is 0 Å². The molecule has 0 amide bonds. The van der Waals surface area contributed by atoms with E-state index in [-0.39, 0.29) is 0 Å². The van der Waals surface area contributed by atoms with Crippen LogP contribution in [0.1, 0.15) is 5.56 Å². The first-order chi connectivity index (χ1) is 4.74. The number of rotatable bonds is 1. The van der Waals surface area contributed by atoms with Gasteiger partial charge in [0.15, 0.2) is 0 Å². The first kappa shape index (κ1) is 9.50. The molecule has 0 heterocycles. The molecule has 0 spiro atoms. The lowest BCUT2D eigenvalue weighted by atomic mass is 10.2. The molecule has 0 unspecified atom stereocenters. The summed E-state index contributed by atoms with van der Waals surface area (Å²) in [6.45, 7) is 0. The molecule has 0 nitrogen and oxygen atoms in total. The van der Waals surface area contributed by atoms with E-state index in [9.17, 15) is 0 Å². The topological polar surface area (TPSA) is 0 Å². The van der Waals surface area contributed by atoms with Crippen molar-refractivity contribution in [2.45, 2.75) is 4.43 Å². The maximum Gasteiger partial charge on any atom is 0.0257 e. The van der Waals surface area contributed by atoms with Gasteiger partial charge in [0.1, 0.15) is 0 Å². The van der Waals surface area contributed by atoms with Crippen molar-refractivity contribution in [3.05, 3.63) is 30.9 Å². The van der Waals surface area contributed by atoms with Crippen molar-refractivity contribution in [1.29, 1.82) is 0 Å². The largest absolute Gasteiger partial charge is 0.0811 e. The Bertz CT molecular complexity index is 232. The maximum absolute atomic E-state index is 2.39. The van der Waals surface area contributed by atoms with E-state index in [1.54, 1.807) is 0 Å². The second-order valence-electron chi connectivity index (χ2n) is 1.87. The van der Waals surface area contributed by atoms with Gasteiger partial charge in [-0.2, -0.15) is 0 Å². The second kappa shape index (κ2) is 4.44. The minimum absolute atomic E-state index is 1.10. The van der Waals surface area contributed by atoms with E-state index in [4.69, 9.17) is 0 Å². The minimum Gasteiger partial charge on any atom is -0.0811 e. The highest BCUT2D eigenvalue weighted by atomic mass is 127. The third kappa shape index (κ3) is 2.47. The summed E-state index contributed by atoms with van der Waals surface area (Å²) in [5.41, 5.74) is 1.44. The molecule has 0 N–H and O–H groups in total. The van der Waals surface area contributed by atoms with Gasteiger partial charge in [0.25, 0.3) is 0 Å². The van der Waals surface area contributed by atoms with Crippen LogP contribution in [0.2, 0.25) is 0 Å². The van der Waals surface area contributed by atoms with Crippen LogP contribution >= 0.6 is 67.8 Å². The van der Waals surface area contributed by atoms with Crippen LogP contribution in [0, 0.1) is 7.14 Å². The van der Waals surface area contributed by atoms with Crippen molar-refractivity contribution in [2.24, 2.45) is 0 Å². The average Bonchev–Trinajstić information content (AvgIpc) is 1.94. The summed E-state index contributed by atoms with van der Waals surface area (Å²) in [4.78, 5) is 0. The van der Waals surface area contributed by atoms with Crippen LogP contribution in [0.4, 0.5) is 0 Å². The summed E-state index contributed by atoms with van der Waals surface area (Å²) < 4.78 is 3.80. The van der Waals surface area contributed by atoms with Crippen molar-refractivity contribution in [3.8, 4) is 0 Å². The normalized spacial score (nSPS) is 9.90. The molecule has 1 rings (SSSR count). The zero-order valence-corrected chi connectivity index (χ0v) is 11.5. The van der Waals surface area contributed by atoms with E-state index in [2.05, 4.69) is 86.0 Å². The molecule has 0 fully saturated rings. The van der Waals surface area contributed by atoms with E-state index in [0.29, 0.717) is 0 Å². The zero-order chi connectivity index (χ0) is 7.56. The van der Waals surface area contributed by atoms with Crippen LogP contribution in [0.15, 0.2) is 18.2 Å². The third-order valence-corrected chi connectivity index (χ3v) is 3.70. The molecule has 1 aromatic carbocycles. The lowest BCUT2D eigenvalue weighted by molar-refractivity contribution is 1.39. The van der Waals surface area contributed by atoms with E-state index < -0.39 is 0 Å². The third-order valence-electron chi connectivity index (χ3n) is 1.15. The maximum atomic E-state index is 2.39. The number of hydrogen-bond acceptors (Lipinski definition) is 0. The molecule has 0 radical (unpaired) electrons. The van der Waals surface area contributed by atoms with Gasteiger partial charge in [-0.1, -0.05) is 22.6 Å². The molecule has 0 atom stereocenters. The second-order valence-corrected chi connectivity index (χ2v) is 5.04. The van der Waals surface area contributed by atoms with E-state index in [1.165, 1.54) is 12.7 Å². The zero-order valence-electron chi connectivity index (χ0n) is 5.07. The molecular formula is C7H5I3. The van der Waals surface area contributed by atoms with E-state index >= 15 is 0 Å². The summed E-state index contributed by atoms with van der Waals surface area (Å²) in [7, 11) is 0. The summed E-state index contributed by atoms with van der Waals surface area (Å²) in [6.07, 6.45) is 0. The van der Waals surface area contributed by atoms with Crippen molar-refractivity contribution in [3.63, 3.8) is 0 Å². The molecule has 3 heteroatoms. The minimum atomic E-state index is 1.10. The van der Waals surface area contributed by atoms with Crippen molar-refractivity contribution < 1.29 is 0 Å². The van der Waals surface area contributed by atoms with Crippen LogP contribution in [-0.4, -0.2) is 0 Å². The van der Waals surface area contributed by atoms with E-state index in [0.717, 1.165) is 4.43 Å². The molecule has 0 aliphatic heterocycles. The Morgan fingerprint density at radius 3 is 2.40 bits per heavy atom. The highest BCUT2D eigenvalue weighted by Crippen LogP contribution is 2.18. The Labute approximate surface area is 102 Å². The number of hydrogen-bond donors (Lipinski definition) is 0. The number of alkyl halides is 1. The SMILES string of the molecule is ICc1cc(I)ccc1I. The Hall–Kier alpha value is 1.41. The lowest BCUT2D eigenvalue weighted by Crippen LogP contribution is -1.83. The summed E-state index contributed by atoms with van der Waals surface area (Å²) in [6, 6.07) is 6.53. The first-order valence-electron chi connectivity index (χ1n) is 2.74. The fraction of sp³-hybridized carbons (Fsp3) is 0.143. The molecule has 1 aromatic rings. The van der Waals surface area contributed by atoms with E-state index in [1.807, 2.05) is 0 Å². The first-order valence-corrected chi connectivity index (χ1v) is 6.42. The van der Waals surface area contributed by atoms with Crippen LogP contribution < -0.4 is 0 Å². The van der Waals surface area contributed by atoms with Crippen LogP contribution in [0.3, 0.4) is 0 Å². The van der Waals surface area contributed by atoms with Crippen LogP contribution in [-0.2, 0) is 4.43 Å². The van der Waals surface area contributed by atoms with Crippen LogP contribution in [0.5, 0.6) is 0 Å². The van der Waals surface area contributed by atoms with Gasteiger partial charge in [0.05, 0.1) is 0 Å². The lowest BCUT2D eigenvalue weighted by Gasteiger charge is -1.99. The predicted octanol–water partition coefficient (Wildman–Crippen LogP) is 3.83. The van der Waals surface area contributed by atoms with Gasteiger partial charge in [-0.05, 0) is 68.9 Å². The summed E-state index contributed by atoms with van der Waals surface area (Å²) in [5, 5.41) is 0. The standard InChI is InChI=1S/C7H5I3/c8-4-5-3-6(9)1-2-7(5)10/h1-3H,4H2. The molecule has 0 aliphatic carbocycles. The fourth-order valence-electron chi connectivity index (χ4n) is 0.646. The molecule has 0 aliphatic rings. The number of benzene rings is 1. The van der Waals surface area contributed by atoms with Gasteiger partial charge in [0.2, 0.25) is 0 Å². The molecule has 0 bridgehead atoms. The Morgan fingerprint density at radius 1 is 1.20 bits per heavy atom. The van der Waals surface area contributed by atoms with Crippen molar-refractivity contribution >= 4 is 67.8 Å². The molecule has 0 aromatic heterocycles. The van der Waals surface area contributed by atoms with Gasteiger partial charge in [-0.3, -0.25) is 0 Å². The van der Waals surface area contributed by atoms with Gasteiger partial charge < -0.3 is 0 Å². The molecule has 54 valence electrons. The molecular weight excluding hydrogens is 465 g/mol. The molecule has 10 heavy (non-hydrogen) atoms. The van der Waals surface area contributed by atoms with Crippen molar-refractivity contribution in [2.75, 3.05) is 0 Å². The summed E-state index contributed by atoms with van der Waals surface area (Å²) >= 11 is 7.10. The van der Waals surface area contributed by atoms with Gasteiger partial charge in [-0.25, -0.2) is 0 Å². The highest BCUT2D eigenvalue weighted by molar-refractivity contribution is 14.1. The summed E-state index contributed by atoms with van der Waals surface area (Å²) in [5.74, 6) is 0. The molecule has 0 saturated heterocycles. The fourth-order valence-corrected chi connectivity index (χ4v) is 3.09. The predicted molar refractivity (Wildman–Crippen MR) is 69.6 cm³/mol. The molecule has 0 saturated carbocycles. The smallest absolute Gasteiger partial charge is 0.0257 e. The Kier molecular flexibility index (Phi) is 4.22. The monoisotopic (exact) mass is 470 g/mol. The van der Waals surface area contributed by atoms with Crippen LogP contribution in [0.25, 0.3) is 0 Å². The average molecular weight is 470 g/mol. The number of halogens is 3. The quantitative estimate of drug-likeness (QED) is 0.433. The Balaban J connectivity index is 3.09. The van der Waals surface area contributed by atoms with Gasteiger partial charge in [-0.15, -0.1) is 0 Å². The Morgan fingerprint density at radius 2 is 1.90 bits per heavy atom. The van der Waals surface area contributed by atoms with Gasteiger partial charge >= 0.3 is 0 Å².